The van der Waals surface area contributed by atoms with Gasteiger partial charge in [-0.15, -0.1) is 0 Å². The second kappa shape index (κ2) is 7.80. The highest BCUT2D eigenvalue weighted by Crippen LogP contribution is 2.30. The summed E-state index contributed by atoms with van der Waals surface area (Å²) in [6.45, 7) is 1.91. The lowest BCUT2D eigenvalue weighted by molar-refractivity contribution is 0.0600. The van der Waals surface area contributed by atoms with Gasteiger partial charge in [-0.1, -0.05) is 42.5 Å². The summed E-state index contributed by atoms with van der Waals surface area (Å²) in [5.41, 5.74) is 6.57. The van der Waals surface area contributed by atoms with Gasteiger partial charge in [0, 0.05) is 17.5 Å². The fraction of sp³-hybridized carbons (Fsp3) is 0.167. The minimum Gasteiger partial charge on any atom is -0.495 e. The Labute approximate surface area is 169 Å². The molecule has 0 fully saturated rings. The Balaban J connectivity index is 1.85. The first-order valence-electron chi connectivity index (χ1n) is 9.39. The Kier molecular flexibility index (Phi) is 5.04. The van der Waals surface area contributed by atoms with Gasteiger partial charge in [-0.05, 0) is 36.2 Å². The highest BCUT2D eigenvalue weighted by molar-refractivity contribution is 5.91. The molecule has 0 unspecified atom stereocenters. The Morgan fingerprint density at radius 1 is 1.03 bits per heavy atom. The molecule has 5 heteroatoms. The molecule has 0 aliphatic heterocycles. The Bertz CT molecular complexity index is 1180. The number of pyridine rings is 1. The maximum absolute atomic E-state index is 12.1. The van der Waals surface area contributed by atoms with E-state index in [1.165, 1.54) is 7.11 Å². The summed E-state index contributed by atoms with van der Waals surface area (Å²) in [7, 11) is 3.05. The zero-order chi connectivity index (χ0) is 20.4. The van der Waals surface area contributed by atoms with Gasteiger partial charge in [-0.3, -0.25) is 0 Å². The van der Waals surface area contributed by atoms with Crippen molar-refractivity contribution >= 4 is 11.5 Å². The predicted molar refractivity (Wildman–Crippen MR) is 113 cm³/mol. The van der Waals surface area contributed by atoms with E-state index in [4.69, 9.17) is 14.6 Å². The quantitative estimate of drug-likeness (QED) is 0.467. The number of ether oxygens (including phenoxy) is 2. The zero-order valence-corrected chi connectivity index (χ0v) is 16.7. The molecule has 0 radical (unpaired) electrons. The van der Waals surface area contributed by atoms with Crippen LogP contribution in [0.15, 0.2) is 66.9 Å². The largest absolute Gasteiger partial charge is 0.495 e. The van der Waals surface area contributed by atoms with E-state index < -0.39 is 0 Å². The minimum atomic E-state index is -0.322. The number of rotatable bonds is 5. The molecule has 0 N–H and O–H groups in total. The lowest BCUT2D eigenvalue weighted by Crippen LogP contribution is -2.05. The first-order valence-corrected chi connectivity index (χ1v) is 9.39. The minimum absolute atomic E-state index is 0.322. The summed E-state index contributed by atoms with van der Waals surface area (Å²) < 4.78 is 12.1. The number of carbonyl (C=O) groups is 1. The van der Waals surface area contributed by atoms with Crippen LogP contribution >= 0.6 is 0 Å². The number of fused-ring (bicyclic) bond motifs is 1. The Morgan fingerprint density at radius 3 is 2.55 bits per heavy atom. The van der Waals surface area contributed by atoms with Crippen LogP contribution in [0, 0.1) is 6.92 Å². The molecule has 0 saturated carbocycles. The zero-order valence-electron chi connectivity index (χ0n) is 16.7. The maximum Gasteiger partial charge on any atom is 0.338 e. The highest BCUT2D eigenvalue weighted by Gasteiger charge is 2.17. The van der Waals surface area contributed by atoms with Crippen molar-refractivity contribution in [2.45, 2.75) is 13.3 Å². The van der Waals surface area contributed by atoms with Gasteiger partial charge in [0.25, 0.3) is 0 Å². The first-order chi connectivity index (χ1) is 14.1. The van der Waals surface area contributed by atoms with Gasteiger partial charge in [0.2, 0.25) is 0 Å². The molecule has 2 aromatic carbocycles. The molecule has 0 aliphatic carbocycles. The molecule has 29 heavy (non-hydrogen) atoms. The van der Waals surface area contributed by atoms with E-state index in [1.807, 2.05) is 66.2 Å². The number of benzene rings is 2. The van der Waals surface area contributed by atoms with Crippen molar-refractivity contribution in [1.82, 2.24) is 9.61 Å². The summed E-state index contributed by atoms with van der Waals surface area (Å²) in [5, 5.41) is 4.82. The molecule has 0 spiro atoms. The third-order valence-corrected chi connectivity index (χ3v) is 5.08. The van der Waals surface area contributed by atoms with Crippen molar-refractivity contribution in [2.75, 3.05) is 14.2 Å². The molecule has 0 bridgehead atoms. The molecule has 0 saturated heterocycles. The third kappa shape index (κ3) is 3.59. The first kappa shape index (κ1) is 18.7. The number of carbonyl (C=O) groups excluding carboxylic acids is 1. The topological polar surface area (TPSA) is 52.8 Å². The number of hydrogen-bond acceptors (Lipinski definition) is 4. The number of nitrogens with zero attached hydrogens (tertiary/aromatic N) is 2. The van der Waals surface area contributed by atoms with Gasteiger partial charge in [0.05, 0.1) is 37.2 Å². The van der Waals surface area contributed by atoms with E-state index in [2.05, 4.69) is 12.1 Å². The van der Waals surface area contributed by atoms with Gasteiger partial charge in [-0.25, -0.2) is 9.31 Å². The molecular formula is C24H22N2O3. The van der Waals surface area contributed by atoms with Crippen molar-refractivity contribution in [3.63, 3.8) is 0 Å². The Hall–Kier alpha value is -3.60. The van der Waals surface area contributed by atoms with Crippen LogP contribution in [-0.2, 0) is 11.2 Å². The number of hydrogen-bond donors (Lipinski definition) is 0. The standard InChI is InChI=1S/C24H22N2O3/c1-16-9-10-17(13-20(16)24(27)29-3)14-21-22-12-11-19(28-2)15-26(22)25-23(21)18-7-5-4-6-8-18/h4-13,15H,14H2,1-3H3. The molecule has 146 valence electrons. The van der Waals surface area contributed by atoms with Gasteiger partial charge in [-0.2, -0.15) is 5.10 Å². The molecule has 0 atom stereocenters. The highest BCUT2D eigenvalue weighted by atomic mass is 16.5. The van der Waals surface area contributed by atoms with Crippen molar-refractivity contribution in [1.29, 1.82) is 0 Å². The molecule has 4 aromatic rings. The van der Waals surface area contributed by atoms with Crippen LogP contribution in [0.1, 0.15) is 27.0 Å². The van der Waals surface area contributed by atoms with Crippen molar-refractivity contribution in [2.24, 2.45) is 0 Å². The summed E-state index contributed by atoms with van der Waals surface area (Å²) in [4.78, 5) is 12.1. The van der Waals surface area contributed by atoms with Gasteiger partial charge < -0.3 is 9.47 Å². The van der Waals surface area contributed by atoms with E-state index >= 15 is 0 Å². The molecule has 2 heterocycles. The normalized spacial score (nSPS) is 10.9. The molecule has 0 aliphatic rings. The van der Waals surface area contributed by atoms with Gasteiger partial charge in [0.15, 0.2) is 0 Å². The van der Waals surface area contributed by atoms with Crippen LogP contribution in [-0.4, -0.2) is 29.8 Å². The van der Waals surface area contributed by atoms with Crippen molar-refractivity contribution < 1.29 is 14.3 Å². The number of aromatic nitrogens is 2. The van der Waals surface area contributed by atoms with Crippen LogP contribution in [0.4, 0.5) is 0 Å². The average Bonchev–Trinajstić information content (AvgIpc) is 3.12. The summed E-state index contributed by atoms with van der Waals surface area (Å²) in [6.07, 6.45) is 2.52. The summed E-state index contributed by atoms with van der Waals surface area (Å²) in [6, 6.07) is 20.0. The number of methoxy groups -OCH3 is 2. The molecule has 2 aromatic heterocycles. The van der Waals surface area contributed by atoms with Crippen LogP contribution < -0.4 is 4.74 Å². The second-order valence-corrected chi connectivity index (χ2v) is 6.91. The Morgan fingerprint density at radius 2 is 1.83 bits per heavy atom. The molecule has 4 rings (SSSR count). The predicted octanol–water partition coefficient (Wildman–Crippen LogP) is 4.70. The molecule has 5 nitrogen and oxygen atoms in total. The van der Waals surface area contributed by atoms with E-state index in [0.29, 0.717) is 12.0 Å². The number of esters is 1. The average molecular weight is 386 g/mol. The smallest absolute Gasteiger partial charge is 0.338 e. The lowest BCUT2D eigenvalue weighted by Gasteiger charge is -2.09. The lowest BCUT2D eigenvalue weighted by atomic mass is 9.97. The van der Waals surface area contributed by atoms with Crippen LogP contribution in [0.5, 0.6) is 5.75 Å². The maximum atomic E-state index is 12.1. The van der Waals surface area contributed by atoms with E-state index in [9.17, 15) is 4.79 Å². The van der Waals surface area contributed by atoms with Crippen LogP contribution in [0.2, 0.25) is 0 Å². The van der Waals surface area contributed by atoms with Gasteiger partial charge >= 0.3 is 5.97 Å². The number of aryl methyl sites for hydroxylation is 1. The monoisotopic (exact) mass is 386 g/mol. The molecular weight excluding hydrogens is 364 g/mol. The SMILES string of the molecule is COC(=O)c1cc(Cc2c(-c3ccccc3)nn3cc(OC)ccc23)ccc1C. The fourth-order valence-corrected chi connectivity index (χ4v) is 3.52. The van der Waals surface area contributed by atoms with Crippen molar-refractivity contribution in [3.8, 4) is 17.0 Å². The van der Waals surface area contributed by atoms with Crippen molar-refractivity contribution in [3.05, 3.63) is 89.1 Å². The fourth-order valence-electron chi connectivity index (χ4n) is 3.52. The summed E-state index contributed by atoms with van der Waals surface area (Å²) in [5.74, 6) is 0.423. The molecule has 0 amide bonds. The van der Waals surface area contributed by atoms with Gasteiger partial charge in [0.1, 0.15) is 5.75 Å². The van der Waals surface area contributed by atoms with E-state index in [1.54, 1.807) is 7.11 Å². The van der Waals surface area contributed by atoms with E-state index in [-0.39, 0.29) is 5.97 Å². The second-order valence-electron chi connectivity index (χ2n) is 6.91. The van der Waals surface area contributed by atoms with E-state index in [0.717, 1.165) is 39.2 Å². The third-order valence-electron chi connectivity index (χ3n) is 5.08. The summed E-state index contributed by atoms with van der Waals surface area (Å²) >= 11 is 0. The van der Waals surface area contributed by atoms with Crippen LogP contribution in [0.25, 0.3) is 16.8 Å². The van der Waals surface area contributed by atoms with Crippen LogP contribution in [0.3, 0.4) is 0 Å².